The van der Waals surface area contributed by atoms with Crippen molar-refractivity contribution in [1.29, 1.82) is 0 Å². The molecule has 0 radical (unpaired) electrons. The van der Waals surface area contributed by atoms with E-state index in [1.54, 1.807) is 19.1 Å². The molecule has 29 heavy (non-hydrogen) atoms. The maximum atomic E-state index is 11.4. The van der Waals surface area contributed by atoms with Crippen molar-refractivity contribution in [2.75, 3.05) is 28.6 Å². The van der Waals surface area contributed by atoms with Gasteiger partial charge in [0, 0.05) is 41.8 Å². The number of nitrogens with zero attached hydrogens (tertiary/aromatic N) is 3. The van der Waals surface area contributed by atoms with Gasteiger partial charge in [-0.05, 0) is 75.7 Å². The third kappa shape index (κ3) is 5.10. The maximum absolute atomic E-state index is 11.4. The summed E-state index contributed by atoms with van der Waals surface area (Å²) in [5.41, 5.74) is 4.93. The van der Waals surface area contributed by atoms with Crippen molar-refractivity contribution >= 4 is 34.5 Å². The number of benzene rings is 2. The second-order valence-electron chi connectivity index (χ2n) is 6.84. The fourth-order valence-electron chi connectivity index (χ4n) is 3.14. The van der Waals surface area contributed by atoms with E-state index in [-0.39, 0.29) is 5.78 Å². The maximum Gasteiger partial charge on any atom is 0.159 e. The highest BCUT2D eigenvalue weighted by Crippen LogP contribution is 2.26. The summed E-state index contributed by atoms with van der Waals surface area (Å²) in [5.74, 6) is 1.43. The average molecular weight is 390 g/mol. The number of aromatic nitrogens is 2. The Kier molecular flexibility index (Phi) is 6.44. The van der Waals surface area contributed by atoms with E-state index < -0.39 is 0 Å². The van der Waals surface area contributed by atoms with Crippen LogP contribution < -0.4 is 15.5 Å². The number of Topliss-reactive ketones (excluding diaryl/α,β-unsaturated/α-hetero) is 1. The zero-order chi connectivity index (χ0) is 20.8. The molecule has 1 heterocycles. The van der Waals surface area contributed by atoms with Crippen LogP contribution in [0.15, 0.2) is 54.9 Å². The predicted octanol–water partition coefficient (Wildman–Crippen LogP) is 5.32. The first-order valence-electron chi connectivity index (χ1n) is 9.82. The molecule has 0 saturated carbocycles. The van der Waals surface area contributed by atoms with Crippen LogP contribution in [0.1, 0.15) is 36.7 Å². The molecule has 3 aromatic rings. The van der Waals surface area contributed by atoms with Crippen molar-refractivity contribution < 1.29 is 4.79 Å². The Morgan fingerprint density at radius 1 is 0.931 bits per heavy atom. The molecule has 6 nitrogen and oxygen atoms in total. The lowest BCUT2D eigenvalue weighted by Gasteiger charge is -2.22. The van der Waals surface area contributed by atoms with Crippen LogP contribution in [0, 0.1) is 6.92 Å². The number of hydrogen-bond donors (Lipinski definition) is 2. The zero-order valence-electron chi connectivity index (χ0n) is 17.4. The fraction of sp³-hybridized carbons (Fsp3) is 0.261. The molecule has 0 unspecified atom stereocenters. The summed E-state index contributed by atoms with van der Waals surface area (Å²) < 4.78 is 0. The van der Waals surface area contributed by atoms with Crippen molar-refractivity contribution in [2.24, 2.45) is 0 Å². The standard InChI is InChI=1S/C23H27N5O/c1-5-28(6-2)20-11-12-21(16(3)13-20)27-23-14-22(24-15-25-23)26-19-9-7-18(8-10-19)17(4)29/h7-15H,5-6H2,1-4H3,(H2,24,25,26,27). The minimum Gasteiger partial charge on any atom is -0.372 e. The van der Waals surface area contributed by atoms with E-state index in [2.05, 4.69) is 64.5 Å². The van der Waals surface area contributed by atoms with Crippen LogP contribution in [-0.2, 0) is 0 Å². The van der Waals surface area contributed by atoms with Gasteiger partial charge >= 0.3 is 0 Å². The van der Waals surface area contributed by atoms with Gasteiger partial charge in [-0.1, -0.05) is 0 Å². The summed E-state index contributed by atoms with van der Waals surface area (Å²) >= 11 is 0. The Bertz CT molecular complexity index is 981. The summed E-state index contributed by atoms with van der Waals surface area (Å²) in [4.78, 5) is 22.3. The third-order valence-corrected chi connectivity index (χ3v) is 4.83. The molecule has 1 aromatic heterocycles. The molecule has 150 valence electrons. The van der Waals surface area contributed by atoms with E-state index in [1.165, 1.54) is 12.0 Å². The average Bonchev–Trinajstić information content (AvgIpc) is 2.71. The number of carbonyl (C=O) groups excluding carboxylic acids is 1. The van der Waals surface area contributed by atoms with Gasteiger partial charge in [0.2, 0.25) is 0 Å². The van der Waals surface area contributed by atoms with Gasteiger partial charge in [0.25, 0.3) is 0 Å². The normalized spacial score (nSPS) is 10.5. The summed E-state index contributed by atoms with van der Waals surface area (Å²) in [5, 5.41) is 6.61. The molecule has 6 heteroatoms. The highest BCUT2D eigenvalue weighted by Gasteiger charge is 2.07. The van der Waals surface area contributed by atoms with Gasteiger partial charge in [-0.25, -0.2) is 9.97 Å². The highest BCUT2D eigenvalue weighted by atomic mass is 16.1. The number of carbonyl (C=O) groups is 1. The smallest absolute Gasteiger partial charge is 0.159 e. The van der Waals surface area contributed by atoms with Crippen LogP contribution in [-0.4, -0.2) is 28.8 Å². The lowest BCUT2D eigenvalue weighted by molar-refractivity contribution is 0.101. The molecular weight excluding hydrogens is 362 g/mol. The second kappa shape index (κ2) is 9.19. The molecule has 3 rings (SSSR count). The fourth-order valence-corrected chi connectivity index (χ4v) is 3.14. The van der Waals surface area contributed by atoms with E-state index in [9.17, 15) is 4.79 Å². The van der Waals surface area contributed by atoms with Crippen LogP contribution in [0.3, 0.4) is 0 Å². The molecule has 0 fully saturated rings. The lowest BCUT2D eigenvalue weighted by atomic mass is 10.1. The molecule has 0 aliphatic carbocycles. The Labute approximate surface area is 172 Å². The second-order valence-corrected chi connectivity index (χ2v) is 6.84. The zero-order valence-corrected chi connectivity index (χ0v) is 17.4. The Morgan fingerprint density at radius 3 is 2.17 bits per heavy atom. The lowest BCUT2D eigenvalue weighted by Crippen LogP contribution is -2.21. The molecule has 2 aromatic carbocycles. The SMILES string of the molecule is CCN(CC)c1ccc(Nc2cc(Nc3ccc(C(C)=O)cc3)ncn2)c(C)c1. The quantitative estimate of drug-likeness (QED) is 0.508. The van der Waals surface area contributed by atoms with Gasteiger partial charge in [-0.3, -0.25) is 4.79 Å². The molecule has 0 aliphatic rings. The van der Waals surface area contributed by atoms with Gasteiger partial charge < -0.3 is 15.5 Å². The van der Waals surface area contributed by atoms with E-state index in [0.717, 1.165) is 30.0 Å². The van der Waals surface area contributed by atoms with Gasteiger partial charge in [-0.15, -0.1) is 0 Å². The van der Waals surface area contributed by atoms with E-state index in [1.807, 2.05) is 18.2 Å². The van der Waals surface area contributed by atoms with Crippen molar-refractivity contribution in [3.8, 4) is 0 Å². The van der Waals surface area contributed by atoms with Crippen molar-refractivity contribution in [1.82, 2.24) is 9.97 Å². The monoisotopic (exact) mass is 389 g/mol. The molecular formula is C23H27N5O. The number of anilines is 5. The molecule has 0 aliphatic heterocycles. The Hall–Kier alpha value is -3.41. The minimum absolute atomic E-state index is 0.0486. The van der Waals surface area contributed by atoms with E-state index in [0.29, 0.717) is 17.2 Å². The summed E-state index contributed by atoms with van der Waals surface area (Å²) in [6.07, 6.45) is 1.52. The third-order valence-electron chi connectivity index (χ3n) is 4.83. The molecule has 2 N–H and O–H groups in total. The van der Waals surface area contributed by atoms with Gasteiger partial charge in [0.15, 0.2) is 5.78 Å². The number of ketones is 1. The topological polar surface area (TPSA) is 70.2 Å². The van der Waals surface area contributed by atoms with Crippen LogP contribution >= 0.6 is 0 Å². The first-order chi connectivity index (χ1) is 14.0. The molecule has 0 bridgehead atoms. The van der Waals surface area contributed by atoms with Gasteiger partial charge in [0.1, 0.15) is 18.0 Å². The number of rotatable bonds is 8. The van der Waals surface area contributed by atoms with Gasteiger partial charge in [0.05, 0.1) is 0 Å². The van der Waals surface area contributed by atoms with Crippen LogP contribution in [0.4, 0.5) is 28.7 Å². The van der Waals surface area contributed by atoms with Crippen molar-refractivity contribution in [2.45, 2.75) is 27.7 Å². The number of nitrogens with one attached hydrogen (secondary N) is 2. The Morgan fingerprint density at radius 2 is 1.59 bits per heavy atom. The minimum atomic E-state index is 0.0486. The Balaban J connectivity index is 1.73. The highest BCUT2D eigenvalue weighted by molar-refractivity contribution is 5.94. The number of hydrogen-bond acceptors (Lipinski definition) is 6. The largest absolute Gasteiger partial charge is 0.372 e. The van der Waals surface area contributed by atoms with E-state index in [4.69, 9.17) is 0 Å². The molecule has 0 amide bonds. The van der Waals surface area contributed by atoms with Gasteiger partial charge in [-0.2, -0.15) is 0 Å². The van der Waals surface area contributed by atoms with Crippen LogP contribution in [0.2, 0.25) is 0 Å². The van der Waals surface area contributed by atoms with Crippen molar-refractivity contribution in [3.05, 3.63) is 66.0 Å². The first-order valence-corrected chi connectivity index (χ1v) is 9.82. The molecule has 0 saturated heterocycles. The van der Waals surface area contributed by atoms with Crippen LogP contribution in [0.25, 0.3) is 0 Å². The molecule has 0 spiro atoms. The van der Waals surface area contributed by atoms with Crippen molar-refractivity contribution in [3.63, 3.8) is 0 Å². The first kappa shape index (κ1) is 20.3. The van der Waals surface area contributed by atoms with Crippen LogP contribution in [0.5, 0.6) is 0 Å². The molecule has 0 atom stereocenters. The summed E-state index contributed by atoms with van der Waals surface area (Å²) in [6.45, 7) is 9.93. The van der Waals surface area contributed by atoms with E-state index >= 15 is 0 Å². The summed E-state index contributed by atoms with van der Waals surface area (Å²) in [7, 11) is 0. The number of aryl methyl sites for hydroxylation is 1. The predicted molar refractivity (Wildman–Crippen MR) is 120 cm³/mol. The summed E-state index contributed by atoms with van der Waals surface area (Å²) in [6, 6.07) is 15.6.